The molecule has 1 aliphatic rings. The number of nitrogens with one attached hydrogen (secondary N) is 1. The molecule has 7 heteroatoms. The van der Waals surface area contributed by atoms with E-state index in [4.69, 9.17) is 15.0 Å². The van der Waals surface area contributed by atoms with Crippen LogP contribution in [0.2, 0.25) is 0 Å². The molecule has 0 bridgehead atoms. The summed E-state index contributed by atoms with van der Waals surface area (Å²) in [7, 11) is 0. The number of hydrogen-bond donors (Lipinski definition) is 2. The second-order valence-electron chi connectivity index (χ2n) is 4.43. The Labute approximate surface area is 112 Å². The normalized spacial score (nSPS) is 17.6. The monoisotopic (exact) mass is 267 g/mol. The highest BCUT2D eigenvalue weighted by atomic mass is 16.5. The largest absolute Gasteiger partial charge is 0.379 e. The van der Waals surface area contributed by atoms with Crippen LogP contribution in [0.1, 0.15) is 12.1 Å². The molecule has 19 heavy (non-hydrogen) atoms. The van der Waals surface area contributed by atoms with Gasteiger partial charge in [-0.25, -0.2) is 4.99 Å². The minimum Gasteiger partial charge on any atom is -0.379 e. The molecule has 0 unspecified atom stereocenters. The van der Waals surface area contributed by atoms with Crippen LogP contribution in [0.25, 0.3) is 0 Å². The van der Waals surface area contributed by atoms with E-state index in [0.29, 0.717) is 12.5 Å². The van der Waals surface area contributed by atoms with Crippen molar-refractivity contribution >= 4 is 5.96 Å². The average Bonchev–Trinajstić information content (AvgIpc) is 2.96. The molecular weight excluding hydrogens is 246 g/mol. The number of ether oxygens (including phenoxy) is 1. The molecule has 0 aliphatic carbocycles. The molecule has 0 spiro atoms. The second kappa shape index (κ2) is 7.75. The fourth-order valence-corrected chi connectivity index (χ4v) is 1.89. The van der Waals surface area contributed by atoms with Gasteiger partial charge in [0.1, 0.15) is 12.0 Å². The molecular formula is C12H21N5O2. The Bertz CT molecular complexity index is 373. The van der Waals surface area contributed by atoms with Crippen LogP contribution in [0.15, 0.2) is 21.8 Å². The molecule has 2 rings (SSSR count). The molecule has 0 aromatic carbocycles. The predicted octanol–water partition coefficient (Wildman–Crippen LogP) is -0.199. The lowest BCUT2D eigenvalue weighted by Crippen LogP contribution is -2.39. The van der Waals surface area contributed by atoms with Gasteiger partial charge in [0.05, 0.1) is 19.8 Å². The van der Waals surface area contributed by atoms with Gasteiger partial charge in [-0.2, -0.15) is 0 Å². The van der Waals surface area contributed by atoms with Gasteiger partial charge in [-0.1, -0.05) is 5.16 Å². The summed E-state index contributed by atoms with van der Waals surface area (Å²) < 4.78 is 10.0. The smallest absolute Gasteiger partial charge is 0.188 e. The third kappa shape index (κ3) is 5.27. The van der Waals surface area contributed by atoms with Crippen LogP contribution in [0.3, 0.4) is 0 Å². The van der Waals surface area contributed by atoms with E-state index < -0.39 is 0 Å². The van der Waals surface area contributed by atoms with E-state index in [1.165, 1.54) is 6.26 Å². The molecule has 1 saturated heterocycles. The van der Waals surface area contributed by atoms with Gasteiger partial charge in [-0.15, -0.1) is 0 Å². The van der Waals surface area contributed by atoms with Crippen LogP contribution in [-0.4, -0.2) is 55.4 Å². The van der Waals surface area contributed by atoms with Crippen LogP contribution in [0.5, 0.6) is 0 Å². The van der Waals surface area contributed by atoms with Crippen molar-refractivity contribution in [3.63, 3.8) is 0 Å². The predicted molar refractivity (Wildman–Crippen MR) is 71.7 cm³/mol. The number of guanidine groups is 1. The summed E-state index contributed by atoms with van der Waals surface area (Å²) in [6.45, 7) is 6.06. The lowest BCUT2D eigenvalue weighted by molar-refractivity contribution is 0.0376. The fourth-order valence-electron chi connectivity index (χ4n) is 1.89. The number of nitrogens with two attached hydrogens (primary N) is 1. The van der Waals surface area contributed by atoms with Crippen molar-refractivity contribution in [2.24, 2.45) is 10.7 Å². The van der Waals surface area contributed by atoms with Gasteiger partial charge in [0.15, 0.2) is 5.96 Å². The Balaban J connectivity index is 1.55. The maximum Gasteiger partial charge on any atom is 0.188 e. The average molecular weight is 267 g/mol. The van der Waals surface area contributed by atoms with E-state index in [2.05, 4.69) is 20.4 Å². The van der Waals surface area contributed by atoms with E-state index in [1.807, 2.05) is 0 Å². The van der Waals surface area contributed by atoms with Gasteiger partial charge in [-0.3, -0.25) is 4.90 Å². The SMILES string of the molecule is NC(=NCc1ccon1)NCCCN1CCOCC1. The molecule has 1 fully saturated rings. The first-order valence-electron chi connectivity index (χ1n) is 6.58. The summed E-state index contributed by atoms with van der Waals surface area (Å²) in [5, 5.41) is 6.86. The number of morpholine rings is 1. The zero-order valence-corrected chi connectivity index (χ0v) is 11.0. The third-order valence-electron chi connectivity index (χ3n) is 2.96. The molecule has 0 amide bonds. The number of rotatable bonds is 6. The van der Waals surface area contributed by atoms with E-state index in [9.17, 15) is 0 Å². The number of hydrogen-bond acceptors (Lipinski definition) is 5. The summed E-state index contributed by atoms with van der Waals surface area (Å²) in [4.78, 5) is 6.57. The minimum absolute atomic E-state index is 0.443. The highest BCUT2D eigenvalue weighted by Gasteiger charge is 2.08. The lowest BCUT2D eigenvalue weighted by atomic mass is 10.3. The summed E-state index contributed by atoms with van der Waals surface area (Å²) in [6.07, 6.45) is 2.57. The third-order valence-corrected chi connectivity index (χ3v) is 2.96. The first kappa shape index (κ1) is 13.8. The fraction of sp³-hybridized carbons (Fsp3) is 0.667. The first-order chi connectivity index (χ1) is 9.34. The van der Waals surface area contributed by atoms with Crippen molar-refractivity contribution in [2.75, 3.05) is 39.4 Å². The quantitative estimate of drug-likeness (QED) is 0.421. The van der Waals surface area contributed by atoms with E-state index in [-0.39, 0.29) is 0 Å². The topological polar surface area (TPSA) is 88.9 Å². The molecule has 1 aromatic rings. The van der Waals surface area contributed by atoms with Gasteiger partial charge in [0.2, 0.25) is 0 Å². The second-order valence-corrected chi connectivity index (χ2v) is 4.43. The number of aliphatic imine (C=N–C) groups is 1. The van der Waals surface area contributed by atoms with E-state index >= 15 is 0 Å². The summed E-state index contributed by atoms with van der Waals surface area (Å²) in [5.41, 5.74) is 6.53. The highest BCUT2D eigenvalue weighted by molar-refractivity contribution is 5.77. The molecule has 3 N–H and O–H groups in total. The molecule has 0 atom stereocenters. The highest BCUT2D eigenvalue weighted by Crippen LogP contribution is 1.97. The molecule has 0 radical (unpaired) electrons. The number of nitrogens with zero attached hydrogens (tertiary/aromatic N) is 3. The van der Waals surface area contributed by atoms with Gasteiger partial charge < -0.3 is 20.3 Å². The Morgan fingerprint density at radius 1 is 1.47 bits per heavy atom. The van der Waals surface area contributed by atoms with Gasteiger partial charge in [-0.05, 0) is 13.0 Å². The van der Waals surface area contributed by atoms with Crippen molar-refractivity contribution in [1.82, 2.24) is 15.4 Å². The first-order valence-corrected chi connectivity index (χ1v) is 6.58. The maximum atomic E-state index is 5.76. The van der Waals surface area contributed by atoms with Crippen molar-refractivity contribution < 1.29 is 9.26 Å². The molecule has 1 aliphatic heterocycles. The van der Waals surface area contributed by atoms with Crippen LogP contribution < -0.4 is 11.1 Å². The Morgan fingerprint density at radius 2 is 2.32 bits per heavy atom. The standard InChI is InChI=1S/C12H21N5O2/c13-12(15-10-11-2-7-19-16-11)14-3-1-4-17-5-8-18-9-6-17/h2,7H,1,3-6,8-10H2,(H3,13,14,15). The van der Waals surface area contributed by atoms with Crippen LogP contribution >= 0.6 is 0 Å². The molecule has 0 saturated carbocycles. The lowest BCUT2D eigenvalue weighted by Gasteiger charge is -2.26. The zero-order valence-electron chi connectivity index (χ0n) is 11.0. The summed E-state index contributed by atoms with van der Waals surface area (Å²) in [6, 6.07) is 1.77. The van der Waals surface area contributed by atoms with E-state index in [1.54, 1.807) is 6.07 Å². The van der Waals surface area contributed by atoms with Crippen LogP contribution in [0.4, 0.5) is 0 Å². The minimum atomic E-state index is 0.443. The van der Waals surface area contributed by atoms with Gasteiger partial charge in [0, 0.05) is 25.7 Å². The van der Waals surface area contributed by atoms with E-state index in [0.717, 1.165) is 51.5 Å². The molecule has 106 valence electrons. The molecule has 7 nitrogen and oxygen atoms in total. The van der Waals surface area contributed by atoms with Crippen molar-refractivity contribution in [3.05, 3.63) is 18.0 Å². The van der Waals surface area contributed by atoms with Crippen molar-refractivity contribution in [3.8, 4) is 0 Å². The Morgan fingerprint density at radius 3 is 3.05 bits per heavy atom. The van der Waals surface area contributed by atoms with Gasteiger partial charge in [0.25, 0.3) is 0 Å². The summed E-state index contributed by atoms with van der Waals surface area (Å²) in [5.74, 6) is 0.449. The van der Waals surface area contributed by atoms with Gasteiger partial charge >= 0.3 is 0 Å². The van der Waals surface area contributed by atoms with Crippen LogP contribution in [-0.2, 0) is 11.3 Å². The van der Waals surface area contributed by atoms with Crippen LogP contribution in [0, 0.1) is 0 Å². The molecule has 2 heterocycles. The zero-order chi connectivity index (χ0) is 13.3. The molecule has 1 aromatic heterocycles. The van der Waals surface area contributed by atoms with Crippen molar-refractivity contribution in [1.29, 1.82) is 0 Å². The Hall–Kier alpha value is -1.60. The maximum absolute atomic E-state index is 5.76. The number of aromatic nitrogens is 1. The van der Waals surface area contributed by atoms with Crippen molar-refractivity contribution in [2.45, 2.75) is 13.0 Å². The summed E-state index contributed by atoms with van der Waals surface area (Å²) >= 11 is 0. The Kier molecular flexibility index (Phi) is 5.64.